The van der Waals surface area contributed by atoms with Crippen molar-refractivity contribution < 1.29 is 9.00 Å². The highest BCUT2D eigenvalue weighted by Gasteiger charge is 2.18. The minimum absolute atomic E-state index is 0.112. The Balaban J connectivity index is 2.19. The van der Waals surface area contributed by atoms with E-state index < -0.39 is 10.8 Å². The summed E-state index contributed by atoms with van der Waals surface area (Å²) < 4.78 is 13.1. The van der Waals surface area contributed by atoms with Crippen molar-refractivity contribution in [2.24, 2.45) is 0 Å². The lowest BCUT2D eigenvalue weighted by molar-refractivity contribution is 0.212. The fourth-order valence-electron chi connectivity index (χ4n) is 2.24. The summed E-state index contributed by atoms with van der Waals surface area (Å²) in [5, 5.41) is 7.19. The molecule has 0 bridgehead atoms. The lowest BCUT2D eigenvalue weighted by atomic mass is 10.2. The highest BCUT2D eigenvalue weighted by molar-refractivity contribution is 7.84. The van der Waals surface area contributed by atoms with E-state index in [0.717, 1.165) is 11.4 Å². The molecule has 0 aliphatic rings. The average Bonchev–Trinajstić information content (AvgIpc) is 2.92. The number of aromatic nitrogens is 2. The van der Waals surface area contributed by atoms with Crippen molar-refractivity contribution in [2.45, 2.75) is 19.9 Å². The van der Waals surface area contributed by atoms with Gasteiger partial charge in [0.25, 0.3) is 0 Å². The average molecular weight is 334 g/mol. The van der Waals surface area contributed by atoms with Crippen LogP contribution in [0.2, 0.25) is 0 Å². The molecule has 2 aromatic rings. The van der Waals surface area contributed by atoms with Crippen molar-refractivity contribution in [3.05, 3.63) is 42.2 Å². The predicted octanol–water partition coefficient (Wildman–Crippen LogP) is 2.41. The molecule has 0 unspecified atom stereocenters. The van der Waals surface area contributed by atoms with Crippen LogP contribution < -0.4 is 5.32 Å². The van der Waals surface area contributed by atoms with Crippen molar-refractivity contribution in [2.75, 3.05) is 24.4 Å². The molecule has 1 aromatic heterocycles. The molecule has 7 heteroatoms. The number of urea groups is 1. The highest BCUT2D eigenvalue weighted by atomic mass is 32.2. The van der Waals surface area contributed by atoms with Crippen LogP contribution in [0.3, 0.4) is 0 Å². The SMILES string of the molecule is Cc1ccnn1-c1ccccc1NC(=O)N(C)[C@@H](C)C[S@](C)=O. The van der Waals surface area contributed by atoms with Crippen LogP contribution in [0.1, 0.15) is 12.6 Å². The Hall–Kier alpha value is -2.15. The second kappa shape index (κ2) is 7.41. The number of benzene rings is 1. The first-order valence-corrected chi connectivity index (χ1v) is 9.06. The molecular weight excluding hydrogens is 312 g/mol. The number of aryl methyl sites for hydroxylation is 1. The maximum absolute atomic E-state index is 12.4. The van der Waals surface area contributed by atoms with Gasteiger partial charge >= 0.3 is 6.03 Å². The number of carbonyl (C=O) groups is 1. The molecule has 0 aliphatic heterocycles. The zero-order valence-corrected chi connectivity index (χ0v) is 14.6. The maximum Gasteiger partial charge on any atom is 0.321 e. The molecule has 2 atom stereocenters. The normalized spacial score (nSPS) is 13.4. The second-order valence-electron chi connectivity index (χ2n) is 5.53. The third kappa shape index (κ3) is 4.19. The minimum atomic E-state index is -0.947. The fourth-order valence-corrected chi connectivity index (χ4v) is 3.14. The van der Waals surface area contributed by atoms with Gasteiger partial charge in [-0.3, -0.25) is 4.21 Å². The number of amides is 2. The van der Waals surface area contributed by atoms with Gasteiger partial charge in [-0.25, -0.2) is 9.48 Å². The molecule has 1 aromatic carbocycles. The molecule has 0 spiro atoms. The zero-order valence-electron chi connectivity index (χ0n) is 13.8. The van der Waals surface area contributed by atoms with Crippen LogP contribution in [0.4, 0.5) is 10.5 Å². The van der Waals surface area contributed by atoms with Gasteiger partial charge in [0.2, 0.25) is 0 Å². The molecule has 1 N–H and O–H groups in total. The van der Waals surface area contributed by atoms with Gasteiger partial charge in [-0.05, 0) is 32.0 Å². The number of carbonyl (C=O) groups excluding carboxylic acids is 1. The van der Waals surface area contributed by atoms with Crippen LogP contribution in [0.5, 0.6) is 0 Å². The van der Waals surface area contributed by atoms with Gasteiger partial charge in [0, 0.05) is 47.8 Å². The fraction of sp³-hybridized carbons (Fsp3) is 0.375. The lowest BCUT2D eigenvalue weighted by Crippen LogP contribution is -2.41. The summed E-state index contributed by atoms with van der Waals surface area (Å²) in [6, 6.07) is 9.06. The standard InChI is InChI=1S/C16H22N4O2S/c1-12-9-10-17-20(12)15-8-6-5-7-14(15)18-16(21)19(3)13(2)11-23(4)22/h5-10,13H,11H2,1-4H3,(H,18,21)/t13-,23-/m0/s1. The smallest absolute Gasteiger partial charge is 0.321 e. The van der Waals surface area contributed by atoms with Gasteiger partial charge in [0.15, 0.2) is 0 Å². The van der Waals surface area contributed by atoms with Crippen LogP contribution in [-0.4, -0.2) is 50.0 Å². The topological polar surface area (TPSA) is 67.2 Å². The molecule has 0 saturated heterocycles. The lowest BCUT2D eigenvalue weighted by Gasteiger charge is -2.25. The predicted molar refractivity (Wildman–Crippen MR) is 93.5 cm³/mol. The van der Waals surface area contributed by atoms with E-state index in [1.54, 1.807) is 29.1 Å². The zero-order chi connectivity index (χ0) is 17.0. The first kappa shape index (κ1) is 17.2. The molecular formula is C16H22N4O2S. The Kier molecular flexibility index (Phi) is 5.54. The first-order valence-electron chi connectivity index (χ1n) is 7.34. The van der Waals surface area contributed by atoms with E-state index in [1.807, 2.05) is 44.2 Å². The molecule has 1 heterocycles. The van der Waals surface area contributed by atoms with Gasteiger partial charge in [-0.1, -0.05) is 12.1 Å². The van der Waals surface area contributed by atoms with E-state index in [1.165, 1.54) is 0 Å². The van der Waals surface area contributed by atoms with Gasteiger partial charge in [-0.15, -0.1) is 0 Å². The number of nitrogens with one attached hydrogen (secondary N) is 1. The highest BCUT2D eigenvalue weighted by Crippen LogP contribution is 2.21. The molecule has 0 fully saturated rings. The Morgan fingerprint density at radius 3 is 2.70 bits per heavy atom. The van der Waals surface area contributed by atoms with Crippen molar-refractivity contribution in [1.29, 1.82) is 0 Å². The van der Waals surface area contributed by atoms with E-state index >= 15 is 0 Å². The molecule has 23 heavy (non-hydrogen) atoms. The molecule has 2 amide bonds. The maximum atomic E-state index is 12.4. The summed E-state index contributed by atoms with van der Waals surface area (Å²) in [5.41, 5.74) is 2.47. The van der Waals surface area contributed by atoms with Crippen molar-refractivity contribution in [3.63, 3.8) is 0 Å². The summed E-state index contributed by atoms with van der Waals surface area (Å²) in [6.45, 7) is 3.83. The van der Waals surface area contributed by atoms with Crippen LogP contribution in [0.15, 0.2) is 36.5 Å². The van der Waals surface area contributed by atoms with Crippen molar-refractivity contribution in [3.8, 4) is 5.69 Å². The number of para-hydroxylation sites is 2. The Morgan fingerprint density at radius 1 is 1.39 bits per heavy atom. The summed E-state index contributed by atoms with van der Waals surface area (Å²) in [4.78, 5) is 14.0. The molecule has 6 nitrogen and oxygen atoms in total. The molecule has 0 radical (unpaired) electrons. The number of hydrogen-bond acceptors (Lipinski definition) is 3. The molecule has 124 valence electrons. The van der Waals surface area contributed by atoms with Crippen LogP contribution in [0.25, 0.3) is 5.69 Å². The van der Waals surface area contributed by atoms with Crippen LogP contribution >= 0.6 is 0 Å². The largest absolute Gasteiger partial charge is 0.324 e. The Morgan fingerprint density at radius 2 is 2.09 bits per heavy atom. The van der Waals surface area contributed by atoms with E-state index in [2.05, 4.69) is 10.4 Å². The number of nitrogens with zero attached hydrogens (tertiary/aromatic N) is 3. The van der Waals surface area contributed by atoms with E-state index in [9.17, 15) is 9.00 Å². The van der Waals surface area contributed by atoms with E-state index in [0.29, 0.717) is 11.4 Å². The summed E-state index contributed by atoms with van der Waals surface area (Å²) in [6.07, 6.45) is 3.36. The summed E-state index contributed by atoms with van der Waals surface area (Å²) in [5.74, 6) is 0.448. The van der Waals surface area contributed by atoms with Crippen LogP contribution in [-0.2, 0) is 10.8 Å². The Bertz CT molecular complexity index is 714. The van der Waals surface area contributed by atoms with E-state index in [-0.39, 0.29) is 12.1 Å². The molecule has 0 aliphatic carbocycles. The van der Waals surface area contributed by atoms with Gasteiger partial charge < -0.3 is 10.2 Å². The number of hydrogen-bond donors (Lipinski definition) is 1. The quantitative estimate of drug-likeness (QED) is 0.913. The minimum Gasteiger partial charge on any atom is -0.324 e. The van der Waals surface area contributed by atoms with Gasteiger partial charge in [0.05, 0.1) is 11.4 Å². The monoisotopic (exact) mass is 334 g/mol. The summed E-state index contributed by atoms with van der Waals surface area (Å²) >= 11 is 0. The number of anilines is 1. The van der Waals surface area contributed by atoms with Gasteiger partial charge in [0.1, 0.15) is 0 Å². The van der Waals surface area contributed by atoms with Crippen LogP contribution in [0, 0.1) is 6.92 Å². The third-order valence-electron chi connectivity index (χ3n) is 3.66. The van der Waals surface area contributed by atoms with E-state index in [4.69, 9.17) is 0 Å². The molecule has 0 saturated carbocycles. The second-order valence-corrected chi connectivity index (χ2v) is 7.01. The Labute approximate surface area is 138 Å². The summed E-state index contributed by atoms with van der Waals surface area (Å²) in [7, 11) is 0.756. The van der Waals surface area contributed by atoms with Gasteiger partial charge in [-0.2, -0.15) is 5.10 Å². The number of rotatable bonds is 5. The van der Waals surface area contributed by atoms with Crippen molar-refractivity contribution >= 4 is 22.5 Å². The first-order chi connectivity index (χ1) is 10.9. The third-order valence-corrected chi connectivity index (χ3v) is 4.62. The molecule has 2 rings (SSSR count). The van der Waals surface area contributed by atoms with Crippen molar-refractivity contribution in [1.82, 2.24) is 14.7 Å².